The molecule has 12 heteroatoms. The van der Waals surface area contributed by atoms with Crippen molar-refractivity contribution in [1.82, 2.24) is 10.2 Å². The first-order valence-electron chi connectivity index (χ1n) is 12.9. The summed E-state index contributed by atoms with van der Waals surface area (Å²) in [4.78, 5) is 24.5. The average Bonchev–Trinajstić information content (AvgIpc) is 3.50. The Morgan fingerprint density at radius 2 is 1.68 bits per heavy atom. The van der Waals surface area contributed by atoms with Gasteiger partial charge in [-0.3, -0.25) is 14.9 Å². The molecule has 2 heterocycles. The van der Waals surface area contributed by atoms with Crippen LogP contribution in [0.4, 0.5) is 0 Å². The Bertz CT molecular complexity index is 1420. The molecule has 1 unspecified atom stereocenters. The lowest BCUT2D eigenvalue weighted by molar-refractivity contribution is -0.490. The fourth-order valence-corrected chi connectivity index (χ4v) is 6.02. The first kappa shape index (κ1) is 31.5. The molecule has 0 bridgehead atoms. The van der Waals surface area contributed by atoms with Gasteiger partial charge < -0.3 is 20.1 Å². The normalized spacial score (nSPS) is 21.2. The zero-order valence-electron chi connectivity index (χ0n) is 22.3. The number of rotatable bonds is 7. The Hall–Kier alpha value is -2.43. The first-order valence-corrected chi connectivity index (χ1v) is 14.4. The number of nitrogens with one attached hydrogen (secondary N) is 1. The third-order valence-corrected chi connectivity index (χ3v) is 8.84. The van der Waals surface area contributed by atoms with E-state index in [1.54, 1.807) is 48.2 Å². The van der Waals surface area contributed by atoms with Gasteiger partial charge >= 0.3 is 0 Å². The number of fused-ring (bicyclic) bond motifs is 1. The number of nitrogens with zero attached hydrogens (tertiary/aromatic N) is 2. The van der Waals surface area contributed by atoms with Crippen molar-refractivity contribution in [2.45, 2.75) is 31.2 Å². The van der Waals surface area contributed by atoms with Crippen molar-refractivity contribution in [1.29, 1.82) is 0 Å². The van der Waals surface area contributed by atoms with Crippen molar-refractivity contribution in [3.05, 3.63) is 113 Å². The summed E-state index contributed by atoms with van der Waals surface area (Å²) in [5.74, 6) is -0.322. The second-order valence-corrected chi connectivity index (χ2v) is 11.6. The number of carbonyl (C=O) groups excluding carboxylic acids is 1. The summed E-state index contributed by atoms with van der Waals surface area (Å²) in [7, 11) is 1.52. The molecular formula is C29H29Cl4N3O5. The number of aliphatic hydroxyl groups is 1. The molecule has 218 valence electrons. The number of carbonyl (C=O) groups is 1. The Balaban J connectivity index is 0.000000202. The highest BCUT2D eigenvalue weighted by molar-refractivity contribution is 6.42. The quantitative estimate of drug-likeness (QED) is 0.218. The summed E-state index contributed by atoms with van der Waals surface area (Å²) >= 11 is 23.9. The lowest BCUT2D eigenvalue weighted by Gasteiger charge is -2.32. The van der Waals surface area contributed by atoms with Crippen LogP contribution < -0.4 is 5.32 Å². The number of methoxy groups -OCH3 is 1. The largest absolute Gasteiger partial charge is 0.376 e. The van der Waals surface area contributed by atoms with E-state index in [0.29, 0.717) is 37.8 Å². The highest BCUT2D eigenvalue weighted by atomic mass is 35.5. The molecule has 0 spiro atoms. The minimum absolute atomic E-state index is 0.0488. The summed E-state index contributed by atoms with van der Waals surface area (Å²) < 4.78 is 5.29. The Morgan fingerprint density at radius 3 is 2.29 bits per heavy atom. The van der Waals surface area contributed by atoms with Crippen LogP contribution in [0, 0.1) is 16.0 Å². The van der Waals surface area contributed by atoms with Gasteiger partial charge in [0.1, 0.15) is 0 Å². The minimum Gasteiger partial charge on any atom is -0.376 e. The topological polar surface area (TPSA) is 105 Å². The fraction of sp³-hybridized carbons (Fsp3) is 0.345. The van der Waals surface area contributed by atoms with Crippen LogP contribution in [0.25, 0.3) is 0 Å². The molecule has 8 nitrogen and oxygen atoms in total. The average molecular weight is 641 g/mol. The molecule has 1 saturated heterocycles. The number of ether oxygens (including phenoxy) is 1. The van der Waals surface area contributed by atoms with E-state index in [0.717, 1.165) is 17.7 Å². The molecule has 0 radical (unpaired) electrons. The van der Waals surface area contributed by atoms with Crippen molar-refractivity contribution in [3.63, 3.8) is 0 Å². The molecule has 2 aliphatic rings. The van der Waals surface area contributed by atoms with Crippen LogP contribution in [0.2, 0.25) is 20.1 Å². The Morgan fingerprint density at radius 1 is 1.02 bits per heavy atom. The molecule has 0 saturated carbocycles. The van der Waals surface area contributed by atoms with Crippen molar-refractivity contribution in [2.75, 3.05) is 26.7 Å². The predicted octanol–water partition coefficient (Wildman–Crippen LogP) is 6.79. The van der Waals surface area contributed by atoms with Gasteiger partial charge in [-0.25, -0.2) is 0 Å². The maximum atomic E-state index is 12.8. The molecule has 41 heavy (non-hydrogen) atoms. The molecule has 3 aromatic carbocycles. The van der Waals surface area contributed by atoms with E-state index in [1.165, 1.54) is 7.11 Å². The number of hydrogen-bond donors (Lipinski definition) is 2. The van der Waals surface area contributed by atoms with E-state index < -0.39 is 6.23 Å². The molecule has 2 aliphatic heterocycles. The zero-order valence-corrected chi connectivity index (χ0v) is 25.3. The number of hydrogen-bond acceptors (Lipinski definition) is 6. The molecule has 0 aliphatic carbocycles. The van der Waals surface area contributed by atoms with Gasteiger partial charge in [0.25, 0.3) is 5.91 Å². The standard InChI is InChI=1S/C18H16Cl2N2O2.C11H13Cl2NO3/c19-14-6-5-10(7-15(14)20)13-8-21-9-16(13)22-17(23)11-3-1-2-4-12(11)18(22)24;1-7(6-14(15)16)11(17-2)8-3-4-9(12)10(13)5-8/h1-7,13,16-17,21,23H,8-9H2;3-5,7,11H,6H2,1-2H3/t13-,16+,17?;7-,11-/m01/s1. The molecule has 2 N–H and O–H groups in total. The molecular weight excluding hydrogens is 612 g/mol. The van der Waals surface area contributed by atoms with Gasteiger partial charge in [-0.15, -0.1) is 0 Å². The molecule has 5 rings (SSSR count). The third kappa shape index (κ3) is 6.97. The van der Waals surface area contributed by atoms with Crippen LogP contribution >= 0.6 is 46.4 Å². The number of amides is 1. The van der Waals surface area contributed by atoms with Crippen molar-refractivity contribution in [3.8, 4) is 0 Å². The monoisotopic (exact) mass is 639 g/mol. The SMILES string of the molecule is CO[C@@H](c1ccc(Cl)c(Cl)c1)[C@H](C)C[N+](=O)[O-].O=C1c2ccccc2C(O)N1[C@@H]1CNC[C@H]1c1ccc(Cl)c(Cl)c1. The Kier molecular flexibility index (Phi) is 10.5. The summed E-state index contributed by atoms with van der Waals surface area (Å²) in [5.41, 5.74) is 3.04. The number of nitro groups is 1. The van der Waals surface area contributed by atoms with E-state index in [-0.39, 0.29) is 41.4 Å². The zero-order chi connectivity index (χ0) is 29.8. The maximum absolute atomic E-state index is 12.8. The molecule has 0 aromatic heterocycles. The number of aliphatic hydroxyl groups excluding tert-OH is 1. The number of halogens is 4. The maximum Gasteiger partial charge on any atom is 0.256 e. The summed E-state index contributed by atoms with van der Waals surface area (Å²) in [6.45, 7) is 2.95. The van der Waals surface area contributed by atoms with E-state index >= 15 is 0 Å². The first-order chi connectivity index (χ1) is 19.5. The van der Waals surface area contributed by atoms with Gasteiger partial charge in [0.05, 0.1) is 38.2 Å². The predicted molar refractivity (Wildman–Crippen MR) is 161 cm³/mol. The fourth-order valence-electron chi connectivity index (χ4n) is 5.41. The number of benzene rings is 3. The second-order valence-electron chi connectivity index (χ2n) is 10.0. The second kappa shape index (κ2) is 13.7. The summed E-state index contributed by atoms with van der Waals surface area (Å²) in [6, 6.07) is 17.7. The van der Waals surface area contributed by atoms with Crippen molar-refractivity contribution < 1.29 is 19.6 Å². The van der Waals surface area contributed by atoms with E-state index in [9.17, 15) is 20.0 Å². The molecule has 1 fully saturated rings. The van der Waals surface area contributed by atoms with Crippen LogP contribution in [0.1, 0.15) is 52.2 Å². The molecule has 1 amide bonds. The molecule has 5 atom stereocenters. The minimum atomic E-state index is -0.913. The van der Waals surface area contributed by atoms with Crippen LogP contribution in [-0.2, 0) is 4.74 Å². The summed E-state index contributed by atoms with van der Waals surface area (Å²) in [5, 5.41) is 26.3. The summed E-state index contributed by atoms with van der Waals surface area (Å²) in [6.07, 6.45) is -1.28. The third-order valence-electron chi connectivity index (χ3n) is 7.36. The van der Waals surface area contributed by atoms with Gasteiger partial charge in [0.2, 0.25) is 6.54 Å². The highest BCUT2D eigenvalue weighted by Crippen LogP contribution is 2.39. The molecule has 3 aromatic rings. The van der Waals surface area contributed by atoms with Crippen LogP contribution in [0.3, 0.4) is 0 Å². The Labute approximate surface area is 258 Å². The smallest absolute Gasteiger partial charge is 0.256 e. The van der Waals surface area contributed by atoms with Crippen LogP contribution in [0.15, 0.2) is 60.7 Å². The van der Waals surface area contributed by atoms with E-state index in [4.69, 9.17) is 51.1 Å². The van der Waals surface area contributed by atoms with Crippen LogP contribution in [0.5, 0.6) is 0 Å². The van der Waals surface area contributed by atoms with Gasteiger partial charge in [0.15, 0.2) is 6.23 Å². The van der Waals surface area contributed by atoms with Gasteiger partial charge in [-0.05, 0) is 41.5 Å². The van der Waals surface area contributed by atoms with Gasteiger partial charge in [-0.1, -0.05) is 83.7 Å². The van der Waals surface area contributed by atoms with Crippen molar-refractivity contribution in [2.24, 2.45) is 5.92 Å². The van der Waals surface area contributed by atoms with E-state index in [1.807, 2.05) is 24.3 Å². The van der Waals surface area contributed by atoms with Gasteiger partial charge in [0, 0.05) is 42.2 Å². The lowest BCUT2D eigenvalue weighted by Crippen LogP contribution is -2.42. The highest BCUT2D eigenvalue weighted by Gasteiger charge is 2.44. The van der Waals surface area contributed by atoms with E-state index in [2.05, 4.69) is 5.32 Å². The van der Waals surface area contributed by atoms with Crippen LogP contribution in [-0.4, -0.2) is 53.6 Å². The lowest BCUT2D eigenvalue weighted by atomic mass is 9.93. The van der Waals surface area contributed by atoms with Crippen molar-refractivity contribution >= 4 is 52.3 Å². The van der Waals surface area contributed by atoms with Gasteiger partial charge in [-0.2, -0.15) is 0 Å².